The van der Waals surface area contributed by atoms with Crippen LogP contribution in [-0.2, 0) is 0 Å². The lowest BCUT2D eigenvalue weighted by atomic mass is 10.2. The third-order valence-corrected chi connectivity index (χ3v) is 2.29. The predicted molar refractivity (Wildman–Crippen MR) is 66.5 cm³/mol. The summed E-state index contributed by atoms with van der Waals surface area (Å²) >= 11 is 5.96. The van der Waals surface area contributed by atoms with Crippen molar-refractivity contribution in [3.63, 3.8) is 0 Å². The fourth-order valence-electron chi connectivity index (χ4n) is 1.17. The van der Waals surface area contributed by atoms with Gasteiger partial charge < -0.3 is 16.4 Å². The van der Waals surface area contributed by atoms with Gasteiger partial charge in [0.15, 0.2) is 0 Å². The van der Waals surface area contributed by atoms with Crippen LogP contribution < -0.4 is 16.4 Å². The van der Waals surface area contributed by atoms with Crippen LogP contribution in [0.5, 0.6) is 0 Å². The van der Waals surface area contributed by atoms with E-state index in [1.807, 2.05) is 19.1 Å². The molecule has 0 bridgehead atoms. The van der Waals surface area contributed by atoms with Crippen LogP contribution in [0.4, 0.5) is 10.5 Å². The molecule has 5 heteroatoms. The molecule has 1 aromatic carbocycles. The first kappa shape index (κ1) is 12.4. The molecule has 1 rings (SSSR count). The van der Waals surface area contributed by atoms with Gasteiger partial charge in [-0.05, 0) is 30.8 Å². The molecule has 0 aliphatic heterocycles. The van der Waals surface area contributed by atoms with Gasteiger partial charge in [-0.25, -0.2) is 4.79 Å². The van der Waals surface area contributed by atoms with Crippen LogP contribution in [0.25, 0.3) is 0 Å². The topological polar surface area (TPSA) is 67.2 Å². The highest BCUT2D eigenvalue weighted by molar-refractivity contribution is 6.33. The first-order chi connectivity index (χ1) is 7.65. The number of hydrogen-bond donors (Lipinski definition) is 3. The number of para-hydroxylation sites is 1. The molecule has 0 aromatic heterocycles. The molecule has 0 saturated carbocycles. The molecular formula is C11H14ClN3O. The number of urea groups is 1. The molecule has 2 amide bonds. The average molecular weight is 240 g/mol. The number of amides is 2. The maximum atomic E-state index is 11.4. The maximum Gasteiger partial charge on any atom is 0.319 e. The summed E-state index contributed by atoms with van der Waals surface area (Å²) in [5.74, 6) is 0. The quantitative estimate of drug-likeness (QED) is 0.757. The molecule has 1 aromatic rings. The summed E-state index contributed by atoms with van der Waals surface area (Å²) in [6.07, 6.45) is 3.01. The fraction of sp³-hybridized carbons (Fsp3) is 0.182. The van der Waals surface area contributed by atoms with Crippen molar-refractivity contribution in [1.82, 2.24) is 5.32 Å². The molecule has 4 N–H and O–H groups in total. The molecule has 0 radical (unpaired) electrons. The van der Waals surface area contributed by atoms with Crippen molar-refractivity contribution in [2.45, 2.75) is 6.92 Å². The number of nitrogens with two attached hydrogens (primary N) is 1. The fourth-order valence-corrected chi connectivity index (χ4v) is 1.44. The minimum atomic E-state index is -0.311. The van der Waals surface area contributed by atoms with Crippen LogP contribution in [0.3, 0.4) is 0 Å². The number of aryl methyl sites for hydroxylation is 1. The smallest absolute Gasteiger partial charge is 0.319 e. The van der Waals surface area contributed by atoms with Crippen molar-refractivity contribution in [3.05, 3.63) is 41.1 Å². The van der Waals surface area contributed by atoms with Crippen LogP contribution in [0.2, 0.25) is 5.02 Å². The van der Waals surface area contributed by atoms with Crippen molar-refractivity contribution in [2.24, 2.45) is 5.73 Å². The number of benzene rings is 1. The van der Waals surface area contributed by atoms with E-state index < -0.39 is 0 Å². The first-order valence-corrected chi connectivity index (χ1v) is 5.19. The summed E-state index contributed by atoms with van der Waals surface area (Å²) in [6, 6.07) is 5.12. The van der Waals surface area contributed by atoms with E-state index in [1.165, 1.54) is 6.20 Å². The molecule has 0 aliphatic rings. The Balaban J connectivity index is 2.62. The predicted octanol–water partition coefficient (Wildman–Crippen LogP) is 2.24. The third kappa shape index (κ3) is 3.47. The first-order valence-electron chi connectivity index (χ1n) is 4.82. The van der Waals surface area contributed by atoms with Gasteiger partial charge in [0.1, 0.15) is 0 Å². The largest absolute Gasteiger partial charge is 0.405 e. The number of carbonyl (C=O) groups excluding carboxylic acids is 1. The zero-order valence-electron chi connectivity index (χ0n) is 8.96. The highest BCUT2D eigenvalue weighted by Gasteiger charge is 2.06. The molecule has 4 nitrogen and oxygen atoms in total. The van der Waals surface area contributed by atoms with Gasteiger partial charge in [0.05, 0.1) is 10.7 Å². The van der Waals surface area contributed by atoms with Crippen molar-refractivity contribution < 1.29 is 4.79 Å². The Bertz CT molecular complexity index is 384. The zero-order chi connectivity index (χ0) is 12.0. The minimum absolute atomic E-state index is 0.311. The Morgan fingerprint density at radius 3 is 2.94 bits per heavy atom. The molecule has 0 aliphatic carbocycles. The van der Waals surface area contributed by atoms with E-state index in [2.05, 4.69) is 10.6 Å². The molecule has 86 valence electrons. The lowest BCUT2D eigenvalue weighted by Gasteiger charge is -2.10. The van der Waals surface area contributed by atoms with E-state index in [4.69, 9.17) is 17.3 Å². The van der Waals surface area contributed by atoms with E-state index in [0.29, 0.717) is 17.3 Å². The molecule has 0 saturated heterocycles. The van der Waals surface area contributed by atoms with Crippen LogP contribution in [-0.4, -0.2) is 12.6 Å². The third-order valence-electron chi connectivity index (χ3n) is 1.98. The Morgan fingerprint density at radius 1 is 1.56 bits per heavy atom. The summed E-state index contributed by atoms with van der Waals surface area (Å²) in [4.78, 5) is 11.4. The van der Waals surface area contributed by atoms with Gasteiger partial charge in [0.25, 0.3) is 0 Å². The SMILES string of the molecule is Cc1cccc(Cl)c1NC(=O)NCC=CN. The normalized spacial score (nSPS) is 10.4. The standard InChI is InChI=1S/C11H14ClN3O/c1-8-4-2-5-9(12)10(8)15-11(16)14-7-3-6-13/h2-6H,7,13H2,1H3,(H2,14,15,16). The number of halogens is 1. The van der Waals surface area contributed by atoms with Gasteiger partial charge in [-0.3, -0.25) is 0 Å². The highest BCUT2D eigenvalue weighted by Crippen LogP contribution is 2.24. The molecule has 0 spiro atoms. The lowest BCUT2D eigenvalue weighted by Crippen LogP contribution is -2.29. The van der Waals surface area contributed by atoms with E-state index in [9.17, 15) is 4.79 Å². The number of anilines is 1. The van der Waals surface area contributed by atoms with Gasteiger partial charge >= 0.3 is 6.03 Å². The number of hydrogen-bond acceptors (Lipinski definition) is 2. The van der Waals surface area contributed by atoms with Gasteiger partial charge in [0, 0.05) is 6.54 Å². The Kier molecular flexibility index (Phi) is 4.66. The molecule has 0 atom stereocenters. The van der Waals surface area contributed by atoms with Gasteiger partial charge in [-0.15, -0.1) is 0 Å². The molecule has 0 unspecified atom stereocenters. The number of nitrogens with one attached hydrogen (secondary N) is 2. The van der Waals surface area contributed by atoms with Gasteiger partial charge in [-0.1, -0.05) is 23.7 Å². The summed E-state index contributed by atoms with van der Waals surface area (Å²) in [7, 11) is 0. The van der Waals surface area contributed by atoms with Gasteiger partial charge in [-0.2, -0.15) is 0 Å². The highest BCUT2D eigenvalue weighted by atomic mass is 35.5. The number of carbonyl (C=O) groups is 1. The second kappa shape index (κ2) is 6.02. The summed E-state index contributed by atoms with van der Waals surface area (Å²) in [6.45, 7) is 2.26. The molecule has 0 heterocycles. The summed E-state index contributed by atoms with van der Waals surface area (Å²) in [5, 5.41) is 5.81. The molecule has 0 fully saturated rings. The number of rotatable bonds is 3. The van der Waals surface area contributed by atoms with E-state index in [1.54, 1.807) is 12.1 Å². The van der Waals surface area contributed by atoms with E-state index in [-0.39, 0.29) is 6.03 Å². The zero-order valence-corrected chi connectivity index (χ0v) is 9.71. The van der Waals surface area contributed by atoms with Crippen LogP contribution >= 0.6 is 11.6 Å². The monoisotopic (exact) mass is 239 g/mol. The Hall–Kier alpha value is -1.68. The summed E-state index contributed by atoms with van der Waals surface area (Å²) < 4.78 is 0. The van der Waals surface area contributed by atoms with Crippen molar-refractivity contribution in [3.8, 4) is 0 Å². The van der Waals surface area contributed by atoms with Gasteiger partial charge in [0.2, 0.25) is 0 Å². The van der Waals surface area contributed by atoms with E-state index >= 15 is 0 Å². The van der Waals surface area contributed by atoms with Crippen LogP contribution in [0, 0.1) is 6.92 Å². The van der Waals surface area contributed by atoms with Crippen molar-refractivity contribution in [1.29, 1.82) is 0 Å². The Labute approximate surface area is 99.5 Å². The second-order valence-electron chi connectivity index (χ2n) is 3.19. The lowest BCUT2D eigenvalue weighted by molar-refractivity contribution is 0.253. The molecule has 16 heavy (non-hydrogen) atoms. The summed E-state index contributed by atoms with van der Waals surface area (Å²) in [5.41, 5.74) is 6.68. The maximum absolute atomic E-state index is 11.4. The van der Waals surface area contributed by atoms with Crippen LogP contribution in [0.1, 0.15) is 5.56 Å². The second-order valence-corrected chi connectivity index (χ2v) is 3.60. The Morgan fingerprint density at radius 2 is 2.31 bits per heavy atom. The average Bonchev–Trinajstić information content (AvgIpc) is 2.24. The van der Waals surface area contributed by atoms with Crippen molar-refractivity contribution >= 4 is 23.3 Å². The van der Waals surface area contributed by atoms with Crippen molar-refractivity contribution in [2.75, 3.05) is 11.9 Å². The minimum Gasteiger partial charge on any atom is -0.405 e. The van der Waals surface area contributed by atoms with Crippen LogP contribution in [0.15, 0.2) is 30.5 Å². The van der Waals surface area contributed by atoms with E-state index in [0.717, 1.165) is 5.56 Å². The molecular weight excluding hydrogens is 226 g/mol.